The summed E-state index contributed by atoms with van der Waals surface area (Å²) in [5, 5.41) is 2.52. The Morgan fingerprint density at radius 3 is 2.65 bits per heavy atom. The number of halogens is 2. The van der Waals surface area contributed by atoms with Gasteiger partial charge in [-0.15, -0.1) is 0 Å². The van der Waals surface area contributed by atoms with Crippen LogP contribution < -0.4 is 11.1 Å². The summed E-state index contributed by atoms with van der Waals surface area (Å²) in [5.41, 5.74) is 5.63. The number of nitrogen functional groups attached to an aromatic ring is 1. The molecule has 0 fully saturated rings. The Kier molecular flexibility index (Phi) is 5.50. The van der Waals surface area contributed by atoms with Gasteiger partial charge >= 0.3 is 0 Å². The lowest BCUT2D eigenvalue weighted by molar-refractivity contribution is -0.124. The van der Waals surface area contributed by atoms with Gasteiger partial charge in [0.05, 0.1) is 17.2 Å². The van der Waals surface area contributed by atoms with Crippen LogP contribution in [-0.2, 0) is 4.79 Å². The van der Waals surface area contributed by atoms with E-state index in [-0.39, 0.29) is 35.5 Å². The fourth-order valence-corrected chi connectivity index (χ4v) is 2.24. The third-order valence-corrected chi connectivity index (χ3v) is 3.56. The van der Waals surface area contributed by atoms with Crippen LogP contribution in [0.1, 0.15) is 17.3 Å². The highest BCUT2D eigenvalue weighted by atomic mass is 79.9. The molecule has 20 heavy (non-hydrogen) atoms. The highest BCUT2D eigenvalue weighted by molar-refractivity contribution is 9.10. The zero-order valence-electron chi connectivity index (χ0n) is 11.5. The third kappa shape index (κ3) is 3.69. The Morgan fingerprint density at radius 2 is 2.10 bits per heavy atom. The van der Waals surface area contributed by atoms with Crippen LogP contribution in [0.15, 0.2) is 16.6 Å². The summed E-state index contributed by atoms with van der Waals surface area (Å²) in [6, 6.07) is 2.43. The van der Waals surface area contributed by atoms with Crippen LogP contribution in [-0.4, -0.2) is 37.4 Å². The van der Waals surface area contributed by atoms with E-state index in [1.165, 1.54) is 18.0 Å². The number of nitrogens with one attached hydrogen (secondary N) is 1. The lowest BCUT2D eigenvalue weighted by atomic mass is 10.1. The summed E-state index contributed by atoms with van der Waals surface area (Å²) >= 11 is 3.14. The molecule has 0 bridgehead atoms. The van der Waals surface area contributed by atoms with Crippen molar-refractivity contribution in [2.75, 3.05) is 26.4 Å². The maximum Gasteiger partial charge on any atom is 0.254 e. The van der Waals surface area contributed by atoms with Crippen molar-refractivity contribution in [2.45, 2.75) is 6.92 Å². The maximum absolute atomic E-state index is 13.3. The second-order valence-corrected chi connectivity index (χ2v) is 5.41. The van der Waals surface area contributed by atoms with E-state index in [1.54, 1.807) is 14.0 Å². The molecule has 0 heterocycles. The molecule has 1 aromatic rings. The lowest BCUT2D eigenvalue weighted by Crippen LogP contribution is -2.37. The van der Waals surface area contributed by atoms with Crippen LogP contribution >= 0.6 is 15.9 Å². The zero-order chi connectivity index (χ0) is 15.4. The zero-order valence-corrected chi connectivity index (χ0v) is 13.1. The van der Waals surface area contributed by atoms with Gasteiger partial charge in [-0.1, -0.05) is 6.92 Å². The number of hydrogen-bond donors (Lipinski definition) is 2. The third-order valence-electron chi connectivity index (χ3n) is 2.91. The van der Waals surface area contributed by atoms with E-state index in [0.717, 1.165) is 6.07 Å². The summed E-state index contributed by atoms with van der Waals surface area (Å²) in [6.45, 7) is 1.97. The number of hydrogen-bond acceptors (Lipinski definition) is 3. The predicted molar refractivity (Wildman–Crippen MR) is 78.7 cm³/mol. The molecule has 3 N–H and O–H groups in total. The Hall–Kier alpha value is -1.63. The van der Waals surface area contributed by atoms with E-state index in [9.17, 15) is 14.0 Å². The fraction of sp³-hybridized carbons (Fsp3) is 0.385. The smallest absolute Gasteiger partial charge is 0.254 e. The molecule has 0 aliphatic heterocycles. The van der Waals surface area contributed by atoms with Gasteiger partial charge in [-0.2, -0.15) is 0 Å². The first kappa shape index (κ1) is 16.4. The van der Waals surface area contributed by atoms with Gasteiger partial charge in [0.15, 0.2) is 0 Å². The van der Waals surface area contributed by atoms with Gasteiger partial charge < -0.3 is 16.0 Å². The molecule has 2 amide bonds. The first-order valence-corrected chi connectivity index (χ1v) is 6.78. The fourth-order valence-electron chi connectivity index (χ4n) is 1.76. The number of amides is 2. The molecule has 0 aromatic heterocycles. The van der Waals surface area contributed by atoms with Crippen molar-refractivity contribution in [3.63, 3.8) is 0 Å². The molecule has 0 aliphatic rings. The molecule has 1 rings (SSSR count). The molecule has 1 atom stereocenters. The summed E-state index contributed by atoms with van der Waals surface area (Å²) in [4.78, 5) is 25.1. The minimum Gasteiger partial charge on any atom is -0.396 e. The highest BCUT2D eigenvalue weighted by Gasteiger charge is 2.21. The van der Waals surface area contributed by atoms with Crippen molar-refractivity contribution in [1.82, 2.24) is 10.2 Å². The first-order valence-electron chi connectivity index (χ1n) is 5.99. The van der Waals surface area contributed by atoms with Gasteiger partial charge in [0.1, 0.15) is 5.82 Å². The number of carbonyl (C=O) groups excluding carboxylic acids is 2. The van der Waals surface area contributed by atoms with Crippen LogP contribution in [0.3, 0.4) is 0 Å². The van der Waals surface area contributed by atoms with Gasteiger partial charge in [0.25, 0.3) is 5.91 Å². The van der Waals surface area contributed by atoms with Crippen molar-refractivity contribution >= 4 is 33.4 Å². The largest absolute Gasteiger partial charge is 0.396 e. The van der Waals surface area contributed by atoms with E-state index in [0.29, 0.717) is 4.47 Å². The number of anilines is 1. The van der Waals surface area contributed by atoms with Gasteiger partial charge in [0.2, 0.25) is 5.91 Å². The molecule has 0 radical (unpaired) electrons. The van der Waals surface area contributed by atoms with E-state index in [2.05, 4.69) is 21.2 Å². The molecule has 7 heteroatoms. The van der Waals surface area contributed by atoms with Crippen LogP contribution in [0.5, 0.6) is 0 Å². The standard InChI is InChI=1S/C13H17BrFN3O2/c1-7(12(19)17-2)6-18(3)13(20)8-4-11(16)10(15)5-9(8)14/h4-5,7H,6,16H2,1-3H3,(H,17,19). The van der Waals surface area contributed by atoms with Crippen LogP contribution in [0.2, 0.25) is 0 Å². The number of nitrogens with two attached hydrogens (primary N) is 1. The van der Waals surface area contributed by atoms with E-state index in [1.807, 2.05) is 0 Å². The molecule has 1 unspecified atom stereocenters. The average molecular weight is 346 g/mol. The summed E-state index contributed by atoms with van der Waals surface area (Å²) in [5.74, 6) is -1.41. The lowest BCUT2D eigenvalue weighted by Gasteiger charge is -2.21. The summed E-state index contributed by atoms with van der Waals surface area (Å²) in [6.07, 6.45) is 0. The Labute approximate surface area is 125 Å². The van der Waals surface area contributed by atoms with Gasteiger partial charge in [-0.25, -0.2) is 4.39 Å². The molecule has 0 aliphatic carbocycles. The Morgan fingerprint density at radius 1 is 1.50 bits per heavy atom. The molecular weight excluding hydrogens is 329 g/mol. The van der Waals surface area contributed by atoms with Crippen LogP contribution in [0.25, 0.3) is 0 Å². The number of carbonyl (C=O) groups is 2. The van der Waals surface area contributed by atoms with Crippen molar-refractivity contribution in [3.8, 4) is 0 Å². The van der Waals surface area contributed by atoms with Crippen molar-refractivity contribution < 1.29 is 14.0 Å². The average Bonchev–Trinajstić information content (AvgIpc) is 2.40. The monoisotopic (exact) mass is 345 g/mol. The molecule has 1 aromatic carbocycles. The van der Waals surface area contributed by atoms with Crippen molar-refractivity contribution in [3.05, 3.63) is 28.0 Å². The number of benzene rings is 1. The van der Waals surface area contributed by atoms with Gasteiger partial charge in [-0.05, 0) is 28.1 Å². The SMILES string of the molecule is CNC(=O)C(C)CN(C)C(=O)c1cc(N)c(F)cc1Br. The van der Waals surface area contributed by atoms with Gasteiger partial charge in [0, 0.05) is 25.1 Å². The van der Waals surface area contributed by atoms with E-state index in [4.69, 9.17) is 5.73 Å². The molecule has 0 saturated heterocycles. The minimum atomic E-state index is -0.588. The topological polar surface area (TPSA) is 75.4 Å². The summed E-state index contributed by atoms with van der Waals surface area (Å²) in [7, 11) is 3.12. The number of rotatable bonds is 4. The quantitative estimate of drug-likeness (QED) is 0.814. The first-order chi connectivity index (χ1) is 9.27. The van der Waals surface area contributed by atoms with Crippen LogP contribution in [0.4, 0.5) is 10.1 Å². The van der Waals surface area contributed by atoms with Crippen molar-refractivity contribution in [2.24, 2.45) is 5.92 Å². The van der Waals surface area contributed by atoms with Crippen molar-refractivity contribution in [1.29, 1.82) is 0 Å². The molecule has 110 valence electrons. The minimum absolute atomic E-state index is 0.0932. The molecule has 0 spiro atoms. The van der Waals surface area contributed by atoms with Gasteiger partial charge in [-0.3, -0.25) is 9.59 Å². The number of nitrogens with zero attached hydrogens (tertiary/aromatic N) is 1. The maximum atomic E-state index is 13.3. The molecule has 0 saturated carbocycles. The van der Waals surface area contributed by atoms with Crippen LogP contribution in [0, 0.1) is 11.7 Å². The highest BCUT2D eigenvalue weighted by Crippen LogP contribution is 2.24. The molecular formula is C13H17BrFN3O2. The Bertz CT molecular complexity index is 537. The van der Waals surface area contributed by atoms with E-state index >= 15 is 0 Å². The normalized spacial score (nSPS) is 11.8. The second-order valence-electron chi connectivity index (χ2n) is 4.55. The van der Waals surface area contributed by atoms with E-state index < -0.39 is 5.82 Å². The predicted octanol–water partition coefficient (Wildman–Crippen LogP) is 1.62. The Balaban J connectivity index is 2.90. The molecule has 5 nitrogen and oxygen atoms in total. The summed E-state index contributed by atoms with van der Waals surface area (Å²) < 4.78 is 13.6. The second kappa shape index (κ2) is 6.69.